The lowest BCUT2D eigenvalue weighted by molar-refractivity contribution is -0.119. The van der Waals surface area contributed by atoms with Crippen molar-refractivity contribution in [1.82, 2.24) is 5.32 Å². The number of carbonyl (C=O) groups excluding carboxylic acids is 1. The highest BCUT2D eigenvalue weighted by Gasteiger charge is 2.01. The van der Waals surface area contributed by atoms with E-state index in [4.69, 9.17) is 4.74 Å². The van der Waals surface area contributed by atoms with E-state index in [1.54, 1.807) is 0 Å². The third-order valence-electron chi connectivity index (χ3n) is 2.69. The zero-order valence-corrected chi connectivity index (χ0v) is 11.2. The van der Waals surface area contributed by atoms with Gasteiger partial charge < -0.3 is 10.1 Å². The maximum Gasteiger partial charge on any atom is 0.134 e. The summed E-state index contributed by atoms with van der Waals surface area (Å²) in [4.78, 5) is 11.5. The van der Waals surface area contributed by atoms with Crippen LogP contribution < -0.4 is 5.32 Å². The SMILES string of the molecule is CCNCCC(=O)CCCOCc1ccccc1. The maximum atomic E-state index is 11.5. The Kier molecular flexibility index (Phi) is 8.10. The molecule has 0 saturated heterocycles. The van der Waals surface area contributed by atoms with Crippen LogP contribution in [0.3, 0.4) is 0 Å². The Bertz CT molecular complexity index is 325. The van der Waals surface area contributed by atoms with Gasteiger partial charge in [-0.3, -0.25) is 4.79 Å². The van der Waals surface area contributed by atoms with Crippen LogP contribution >= 0.6 is 0 Å². The summed E-state index contributed by atoms with van der Waals surface area (Å²) >= 11 is 0. The van der Waals surface area contributed by atoms with E-state index in [9.17, 15) is 4.79 Å². The van der Waals surface area contributed by atoms with Crippen LogP contribution in [0.15, 0.2) is 30.3 Å². The third kappa shape index (κ3) is 7.20. The number of hydrogen-bond donors (Lipinski definition) is 1. The molecule has 3 nitrogen and oxygen atoms in total. The minimum atomic E-state index is 0.319. The lowest BCUT2D eigenvalue weighted by Gasteiger charge is -2.04. The van der Waals surface area contributed by atoms with Crippen molar-refractivity contribution in [3.05, 3.63) is 35.9 Å². The standard InChI is InChI=1S/C15H23NO2/c1-2-16-11-10-15(17)9-6-12-18-13-14-7-4-3-5-8-14/h3-5,7-8,16H,2,6,9-13H2,1H3. The van der Waals surface area contributed by atoms with E-state index in [-0.39, 0.29) is 0 Å². The largest absolute Gasteiger partial charge is 0.377 e. The van der Waals surface area contributed by atoms with Gasteiger partial charge in [-0.1, -0.05) is 37.3 Å². The lowest BCUT2D eigenvalue weighted by atomic mass is 10.2. The fraction of sp³-hybridized carbons (Fsp3) is 0.533. The molecule has 18 heavy (non-hydrogen) atoms. The molecule has 3 heteroatoms. The monoisotopic (exact) mass is 249 g/mol. The second-order valence-corrected chi connectivity index (χ2v) is 4.28. The Morgan fingerprint density at radius 2 is 2.00 bits per heavy atom. The zero-order chi connectivity index (χ0) is 13.1. The highest BCUT2D eigenvalue weighted by molar-refractivity contribution is 5.78. The number of ketones is 1. The molecule has 0 fully saturated rings. The number of benzene rings is 1. The summed E-state index contributed by atoms with van der Waals surface area (Å²) in [6, 6.07) is 10.1. The molecule has 1 rings (SSSR count). The fourth-order valence-corrected chi connectivity index (χ4v) is 1.67. The normalized spacial score (nSPS) is 10.5. The molecule has 1 aromatic rings. The lowest BCUT2D eigenvalue weighted by Crippen LogP contribution is -2.17. The number of Topliss-reactive ketones (excluding diaryl/α,β-unsaturated/α-hetero) is 1. The molecular formula is C15H23NO2. The van der Waals surface area contributed by atoms with E-state index in [1.807, 2.05) is 37.3 Å². The predicted octanol–water partition coefficient (Wildman–Crippen LogP) is 2.55. The Hall–Kier alpha value is -1.19. The summed E-state index contributed by atoms with van der Waals surface area (Å²) in [6.07, 6.45) is 2.07. The van der Waals surface area contributed by atoms with Crippen LogP contribution in [0.1, 0.15) is 31.7 Å². The molecule has 0 bridgehead atoms. The topological polar surface area (TPSA) is 38.3 Å². The van der Waals surface area contributed by atoms with Gasteiger partial charge in [0.05, 0.1) is 6.61 Å². The summed E-state index contributed by atoms with van der Waals surface area (Å²) in [6.45, 7) is 5.05. The summed E-state index contributed by atoms with van der Waals surface area (Å²) in [5, 5.41) is 3.15. The average molecular weight is 249 g/mol. The van der Waals surface area contributed by atoms with Crippen molar-refractivity contribution in [2.45, 2.75) is 32.8 Å². The van der Waals surface area contributed by atoms with Gasteiger partial charge in [-0.05, 0) is 18.5 Å². The van der Waals surface area contributed by atoms with E-state index < -0.39 is 0 Å². The summed E-state index contributed by atoms with van der Waals surface area (Å²) < 4.78 is 5.53. The highest BCUT2D eigenvalue weighted by Crippen LogP contribution is 2.02. The molecule has 0 saturated carbocycles. The molecule has 0 aliphatic carbocycles. The minimum absolute atomic E-state index is 0.319. The first kappa shape index (κ1) is 14.9. The van der Waals surface area contributed by atoms with Crippen molar-refractivity contribution < 1.29 is 9.53 Å². The number of rotatable bonds is 10. The summed E-state index contributed by atoms with van der Waals surface area (Å²) in [7, 11) is 0. The van der Waals surface area contributed by atoms with E-state index in [0.29, 0.717) is 31.8 Å². The highest BCUT2D eigenvalue weighted by atomic mass is 16.5. The van der Waals surface area contributed by atoms with E-state index in [1.165, 1.54) is 5.56 Å². The molecule has 0 unspecified atom stereocenters. The van der Waals surface area contributed by atoms with Gasteiger partial charge in [0.15, 0.2) is 0 Å². The molecule has 0 aromatic heterocycles. The fourth-order valence-electron chi connectivity index (χ4n) is 1.67. The Morgan fingerprint density at radius 1 is 1.22 bits per heavy atom. The number of ether oxygens (including phenoxy) is 1. The zero-order valence-electron chi connectivity index (χ0n) is 11.2. The van der Waals surface area contributed by atoms with Gasteiger partial charge in [-0.25, -0.2) is 0 Å². The molecule has 0 aliphatic rings. The first-order valence-corrected chi connectivity index (χ1v) is 6.67. The van der Waals surface area contributed by atoms with Crippen LogP contribution in [0.4, 0.5) is 0 Å². The molecule has 1 N–H and O–H groups in total. The van der Waals surface area contributed by atoms with Crippen LogP contribution in [-0.2, 0) is 16.1 Å². The van der Waals surface area contributed by atoms with Gasteiger partial charge in [-0.2, -0.15) is 0 Å². The summed E-state index contributed by atoms with van der Waals surface area (Å²) in [5.74, 6) is 0.319. The average Bonchev–Trinajstić information content (AvgIpc) is 2.40. The van der Waals surface area contributed by atoms with Crippen LogP contribution in [-0.4, -0.2) is 25.5 Å². The Morgan fingerprint density at radius 3 is 2.72 bits per heavy atom. The number of nitrogens with one attached hydrogen (secondary N) is 1. The number of hydrogen-bond acceptors (Lipinski definition) is 3. The Labute approximate surface area is 110 Å². The molecule has 0 spiro atoms. The number of carbonyl (C=O) groups is 1. The van der Waals surface area contributed by atoms with Gasteiger partial charge in [0.2, 0.25) is 0 Å². The van der Waals surface area contributed by atoms with Gasteiger partial charge >= 0.3 is 0 Å². The second kappa shape index (κ2) is 9.80. The molecular weight excluding hydrogens is 226 g/mol. The predicted molar refractivity (Wildman–Crippen MR) is 73.5 cm³/mol. The smallest absolute Gasteiger partial charge is 0.134 e. The second-order valence-electron chi connectivity index (χ2n) is 4.28. The molecule has 0 atom stereocenters. The van der Waals surface area contributed by atoms with Crippen LogP contribution in [0, 0.1) is 0 Å². The molecule has 100 valence electrons. The quantitative estimate of drug-likeness (QED) is 0.648. The van der Waals surface area contributed by atoms with Crippen molar-refractivity contribution >= 4 is 5.78 Å². The third-order valence-corrected chi connectivity index (χ3v) is 2.69. The molecule has 1 aromatic carbocycles. The van der Waals surface area contributed by atoms with E-state index in [0.717, 1.165) is 19.5 Å². The Balaban J connectivity index is 1.97. The van der Waals surface area contributed by atoms with Crippen molar-refractivity contribution in [3.63, 3.8) is 0 Å². The van der Waals surface area contributed by atoms with Crippen LogP contribution in [0.2, 0.25) is 0 Å². The van der Waals surface area contributed by atoms with E-state index in [2.05, 4.69) is 5.32 Å². The molecule has 0 aliphatic heterocycles. The maximum absolute atomic E-state index is 11.5. The van der Waals surface area contributed by atoms with Crippen molar-refractivity contribution in [1.29, 1.82) is 0 Å². The first-order valence-electron chi connectivity index (χ1n) is 6.67. The van der Waals surface area contributed by atoms with Gasteiger partial charge in [-0.15, -0.1) is 0 Å². The first-order chi connectivity index (χ1) is 8.83. The van der Waals surface area contributed by atoms with Crippen LogP contribution in [0.25, 0.3) is 0 Å². The van der Waals surface area contributed by atoms with Crippen LogP contribution in [0.5, 0.6) is 0 Å². The molecule has 0 radical (unpaired) electrons. The molecule has 0 heterocycles. The van der Waals surface area contributed by atoms with Gasteiger partial charge in [0.1, 0.15) is 5.78 Å². The molecule has 0 amide bonds. The van der Waals surface area contributed by atoms with E-state index >= 15 is 0 Å². The van der Waals surface area contributed by atoms with Gasteiger partial charge in [0.25, 0.3) is 0 Å². The minimum Gasteiger partial charge on any atom is -0.377 e. The summed E-state index contributed by atoms with van der Waals surface area (Å²) in [5.41, 5.74) is 1.18. The van der Waals surface area contributed by atoms with Crippen molar-refractivity contribution in [2.24, 2.45) is 0 Å². The van der Waals surface area contributed by atoms with Gasteiger partial charge in [0, 0.05) is 26.0 Å². The van der Waals surface area contributed by atoms with Crippen molar-refractivity contribution in [3.8, 4) is 0 Å². The van der Waals surface area contributed by atoms with Crippen molar-refractivity contribution in [2.75, 3.05) is 19.7 Å².